The number of nitrogens with one attached hydrogen (secondary N) is 1. The van der Waals surface area contributed by atoms with Crippen molar-refractivity contribution in [3.8, 4) is 5.75 Å². The second-order valence-electron chi connectivity index (χ2n) is 9.34. The molecule has 0 saturated carbocycles. The standard InChI is InChI=1S/C31H31NO3/c1-3-21-15-16-23(17-29(21)31(33)34)28-18-24(35-30-14-7-6-12-27(28)30)19-32-20(2)25-13-8-10-22-9-4-5-11-26(22)25/h4-17,20,24,28,32H,3,18-19H2,1-2H3,(H,33,34)/t20-,24-,28+/m1/s1. The number of hydrogen-bond donors (Lipinski definition) is 2. The van der Waals surface area contributed by atoms with Crippen molar-refractivity contribution in [2.75, 3.05) is 6.54 Å². The Hall–Kier alpha value is -3.63. The molecule has 0 radical (unpaired) electrons. The van der Waals surface area contributed by atoms with Gasteiger partial charge in [0.25, 0.3) is 0 Å². The summed E-state index contributed by atoms with van der Waals surface area (Å²) in [5.41, 5.74) is 4.68. The number of benzene rings is 4. The van der Waals surface area contributed by atoms with Crippen LogP contribution in [-0.2, 0) is 6.42 Å². The first-order valence-electron chi connectivity index (χ1n) is 12.4. The average molecular weight is 466 g/mol. The highest BCUT2D eigenvalue weighted by atomic mass is 16.5. The molecule has 1 heterocycles. The lowest BCUT2D eigenvalue weighted by atomic mass is 9.82. The molecule has 35 heavy (non-hydrogen) atoms. The van der Waals surface area contributed by atoms with Gasteiger partial charge in [0.05, 0.1) is 5.56 Å². The van der Waals surface area contributed by atoms with E-state index in [0.717, 1.165) is 28.9 Å². The molecule has 0 spiro atoms. The zero-order chi connectivity index (χ0) is 24.4. The molecule has 0 aromatic heterocycles. The minimum absolute atomic E-state index is 0.0218. The van der Waals surface area contributed by atoms with Crippen molar-refractivity contribution < 1.29 is 14.6 Å². The van der Waals surface area contributed by atoms with Gasteiger partial charge < -0.3 is 15.2 Å². The maximum absolute atomic E-state index is 11.9. The highest BCUT2D eigenvalue weighted by Gasteiger charge is 2.30. The molecule has 0 unspecified atom stereocenters. The Morgan fingerprint density at radius 2 is 1.80 bits per heavy atom. The Kier molecular flexibility index (Phi) is 6.56. The quantitative estimate of drug-likeness (QED) is 0.318. The summed E-state index contributed by atoms with van der Waals surface area (Å²) in [6.45, 7) is 4.89. The summed E-state index contributed by atoms with van der Waals surface area (Å²) in [5.74, 6) is 0.0969. The lowest BCUT2D eigenvalue weighted by Gasteiger charge is -2.33. The monoisotopic (exact) mass is 465 g/mol. The predicted octanol–water partition coefficient (Wildman–Crippen LogP) is 6.73. The number of rotatable bonds is 7. The molecule has 0 aliphatic carbocycles. The summed E-state index contributed by atoms with van der Waals surface area (Å²) in [6, 6.07) is 29.1. The van der Waals surface area contributed by atoms with Gasteiger partial charge in [0.2, 0.25) is 0 Å². The Morgan fingerprint density at radius 1 is 1.03 bits per heavy atom. The first-order chi connectivity index (χ1) is 17.0. The molecular formula is C31H31NO3. The lowest BCUT2D eigenvalue weighted by Crippen LogP contribution is -2.37. The molecule has 2 N–H and O–H groups in total. The van der Waals surface area contributed by atoms with Crippen molar-refractivity contribution in [2.45, 2.75) is 44.8 Å². The predicted molar refractivity (Wildman–Crippen MR) is 140 cm³/mol. The van der Waals surface area contributed by atoms with Gasteiger partial charge in [-0.25, -0.2) is 4.79 Å². The van der Waals surface area contributed by atoms with Gasteiger partial charge in [-0.15, -0.1) is 0 Å². The van der Waals surface area contributed by atoms with Crippen molar-refractivity contribution >= 4 is 16.7 Å². The number of fused-ring (bicyclic) bond motifs is 2. The minimum atomic E-state index is -0.869. The van der Waals surface area contributed by atoms with Crippen LogP contribution in [0.3, 0.4) is 0 Å². The third-order valence-corrected chi connectivity index (χ3v) is 7.18. The van der Waals surface area contributed by atoms with Crippen molar-refractivity contribution in [3.63, 3.8) is 0 Å². The van der Waals surface area contributed by atoms with Gasteiger partial charge in [-0.2, -0.15) is 0 Å². The molecule has 1 aliphatic heterocycles. The summed E-state index contributed by atoms with van der Waals surface area (Å²) in [6.07, 6.45) is 1.47. The molecule has 3 atom stereocenters. The minimum Gasteiger partial charge on any atom is -0.489 e. The lowest BCUT2D eigenvalue weighted by molar-refractivity contribution is 0.0695. The molecule has 4 heteroatoms. The molecule has 5 rings (SSSR count). The van der Waals surface area contributed by atoms with Gasteiger partial charge in [0.1, 0.15) is 11.9 Å². The summed E-state index contributed by atoms with van der Waals surface area (Å²) in [7, 11) is 0. The van der Waals surface area contributed by atoms with Gasteiger partial charge in [0.15, 0.2) is 0 Å². The molecule has 0 saturated heterocycles. The summed E-state index contributed by atoms with van der Waals surface area (Å²) < 4.78 is 6.40. The van der Waals surface area contributed by atoms with Crippen LogP contribution in [0.5, 0.6) is 5.75 Å². The summed E-state index contributed by atoms with van der Waals surface area (Å²) in [5, 5.41) is 16.0. The van der Waals surface area contributed by atoms with Crippen LogP contribution in [0.2, 0.25) is 0 Å². The van der Waals surface area contributed by atoms with E-state index in [0.29, 0.717) is 18.5 Å². The molecule has 4 aromatic rings. The fourth-order valence-electron chi connectivity index (χ4n) is 5.30. The number of carboxylic acids is 1. The smallest absolute Gasteiger partial charge is 0.335 e. The first kappa shape index (κ1) is 23.1. The van der Waals surface area contributed by atoms with E-state index in [2.05, 4.69) is 66.8 Å². The van der Waals surface area contributed by atoms with E-state index in [1.165, 1.54) is 16.3 Å². The van der Waals surface area contributed by atoms with Gasteiger partial charge in [-0.05, 0) is 59.4 Å². The van der Waals surface area contributed by atoms with Crippen LogP contribution in [0.4, 0.5) is 0 Å². The second kappa shape index (κ2) is 9.93. The summed E-state index contributed by atoms with van der Waals surface area (Å²) >= 11 is 0. The van der Waals surface area contributed by atoms with Crippen molar-refractivity contribution in [1.29, 1.82) is 0 Å². The van der Waals surface area contributed by atoms with E-state index in [1.807, 2.05) is 37.3 Å². The highest BCUT2D eigenvalue weighted by molar-refractivity contribution is 5.89. The van der Waals surface area contributed by atoms with E-state index in [1.54, 1.807) is 0 Å². The number of para-hydroxylation sites is 1. The SMILES string of the molecule is CCc1ccc([C@@H]2C[C@H](CN[C@H](C)c3cccc4ccccc34)Oc3ccccc32)cc1C(=O)O. The molecule has 4 aromatic carbocycles. The largest absolute Gasteiger partial charge is 0.489 e. The third kappa shape index (κ3) is 4.67. The molecular weight excluding hydrogens is 434 g/mol. The normalized spacial score (nSPS) is 18.0. The number of aryl methyl sites for hydroxylation is 1. The number of carboxylic acid groups (broad SMARTS) is 1. The maximum atomic E-state index is 11.9. The van der Waals surface area contributed by atoms with Crippen LogP contribution in [-0.4, -0.2) is 23.7 Å². The van der Waals surface area contributed by atoms with Crippen LogP contribution >= 0.6 is 0 Å². The van der Waals surface area contributed by atoms with Crippen LogP contribution in [0, 0.1) is 0 Å². The third-order valence-electron chi connectivity index (χ3n) is 7.18. The Bertz CT molecular complexity index is 1360. The van der Waals surface area contributed by atoms with Gasteiger partial charge >= 0.3 is 5.97 Å². The van der Waals surface area contributed by atoms with E-state index in [-0.39, 0.29) is 18.1 Å². The molecule has 0 bridgehead atoms. The number of carbonyl (C=O) groups is 1. The Morgan fingerprint density at radius 3 is 2.63 bits per heavy atom. The Labute approximate surface area is 206 Å². The van der Waals surface area contributed by atoms with Crippen molar-refractivity contribution in [1.82, 2.24) is 5.32 Å². The number of hydrogen-bond acceptors (Lipinski definition) is 3. The van der Waals surface area contributed by atoms with Crippen molar-refractivity contribution in [2.24, 2.45) is 0 Å². The average Bonchev–Trinajstić information content (AvgIpc) is 2.90. The molecule has 1 aliphatic rings. The Balaban J connectivity index is 1.39. The maximum Gasteiger partial charge on any atom is 0.335 e. The van der Waals surface area contributed by atoms with Crippen molar-refractivity contribution in [3.05, 3.63) is 113 Å². The van der Waals surface area contributed by atoms with E-state index in [9.17, 15) is 9.90 Å². The van der Waals surface area contributed by atoms with Crippen LogP contribution < -0.4 is 10.1 Å². The number of ether oxygens (including phenoxy) is 1. The molecule has 4 nitrogen and oxygen atoms in total. The molecule has 178 valence electrons. The van der Waals surface area contributed by atoms with Gasteiger partial charge in [-0.1, -0.05) is 79.7 Å². The van der Waals surface area contributed by atoms with Crippen LogP contribution in [0.25, 0.3) is 10.8 Å². The molecule has 0 amide bonds. The van der Waals surface area contributed by atoms with Gasteiger partial charge in [-0.3, -0.25) is 0 Å². The molecule has 0 fully saturated rings. The fourth-order valence-corrected chi connectivity index (χ4v) is 5.30. The highest BCUT2D eigenvalue weighted by Crippen LogP contribution is 2.41. The topological polar surface area (TPSA) is 58.6 Å². The van der Waals surface area contributed by atoms with E-state index < -0.39 is 5.97 Å². The summed E-state index contributed by atoms with van der Waals surface area (Å²) in [4.78, 5) is 11.9. The zero-order valence-electron chi connectivity index (χ0n) is 20.2. The van der Waals surface area contributed by atoms with Crippen LogP contribution in [0.1, 0.15) is 64.8 Å². The van der Waals surface area contributed by atoms with E-state index >= 15 is 0 Å². The fraction of sp³-hybridized carbons (Fsp3) is 0.258. The zero-order valence-corrected chi connectivity index (χ0v) is 20.2. The van der Waals surface area contributed by atoms with Gasteiger partial charge in [0, 0.05) is 24.1 Å². The van der Waals surface area contributed by atoms with E-state index in [4.69, 9.17) is 4.74 Å². The second-order valence-corrected chi connectivity index (χ2v) is 9.34. The first-order valence-corrected chi connectivity index (χ1v) is 12.4. The van der Waals surface area contributed by atoms with Crippen LogP contribution in [0.15, 0.2) is 84.9 Å². The number of aromatic carboxylic acids is 1.